The van der Waals surface area contributed by atoms with Crippen LogP contribution in [0.1, 0.15) is 19.8 Å². The van der Waals surface area contributed by atoms with E-state index in [1.54, 1.807) is 6.07 Å². The summed E-state index contributed by atoms with van der Waals surface area (Å²) in [6.07, 6.45) is 1.12. The van der Waals surface area contributed by atoms with Gasteiger partial charge in [0.15, 0.2) is 0 Å². The zero-order valence-corrected chi connectivity index (χ0v) is 13.5. The summed E-state index contributed by atoms with van der Waals surface area (Å²) in [6.45, 7) is 3.22. The van der Waals surface area contributed by atoms with E-state index in [9.17, 15) is 13.2 Å². The zero-order chi connectivity index (χ0) is 14.8. The van der Waals surface area contributed by atoms with Crippen LogP contribution in [0, 0.1) is 5.92 Å². The van der Waals surface area contributed by atoms with Gasteiger partial charge in [0, 0.05) is 25.6 Å². The van der Waals surface area contributed by atoms with Gasteiger partial charge >= 0.3 is 0 Å². The van der Waals surface area contributed by atoms with Gasteiger partial charge in [-0.2, -0.15) is 4.31 Å². The number of nitrogens with one attached hydrogen (secondary N) is 1. The molecule has 1 aromatic rings. The molecule has 0 spiro atoms. The van der Waals surface area contributed by atoms with E-state index in [1.807, 2.05) is 6.92 Å². The molecule has 20 heavy (non-hydrogen) atoms. The van der Waals surface area contributed by atoms with E-state index in [-0.39, 0.29) is 16.0 Å². The van der Waals surface area contributed by atoms with Gasteiger partial charge < -0.3 is 5.32 Å². The van der Waals surface area contributed by atoms with Gasteiger partial charge in [0.2, 0.25) is 5.91 Å². The lowest BCUT2D eigenvalue weighted by atomic mass is 9.97. The van der Waals surface area contributed by atoms with Gasteiger partial charge in [-0.3, -0.25) is 4.79 Å². The number of carbonyl (C=O) groups is 1. The van der Waals surface area contributed by atoms with Crippen molar-refractivity contribution in [2.75, 3.05) is 19.6 Å². The fourth-order valence-corrected chi connectivity index (χ4v) is 5.35. The number of carbonyl (C=O) groups excluding carboxylic acids is 1. The number of hydrogen-bond donors (Lipinski definition) is 1. The number of piperidine rings is 1. The number of thiophene rings is 1. The smallest absolute Gasteiger partial charge is 0.252 e. The summed E-state index contributed by atoms with van der Waals surface area (Å²) < 4.78 is 26.9. The third kappa shape index (κ3) is 3.33. The Labute approximate surface area is 128 Å². The van der Waals surface area contributed by atoms with Gasteiger partial charge in [-0.25, -0.2) is 8.42 Å². The van der Waals surface area contributed by atoms with Crippen molar-refractivity contribution in [2.24, 2.45) is 5.92 Å². The summed E-state index contributed by atoms with van der Waals surface area (Å²) in [7, 11) is -3.47. The number of nitrogens with zero attached hydrogens (tertiary/aromatic N) is 1. The maximum absolute atomic E-state index is 12.4. The molecule has 1 fully saturated rings. The molecule has 2 heterocycles. The lowest BCUT2D eigenvalue weighted by molar-refractivity contribution is -0.126. The number of sulfonamides is 1. The van der Waals surface area contributed by atoms with Gasteiger partial charge in [-0.15, -0.1) is 11.3 Å². The van der Waals surface area contributed by atoms with E-state index in [1.165, 1.54) is 10.4 Å². The molecule has 1 aliphatic heterocycles. The molecule has 1 amide bonds. The van der Waals surface area contributed by atoms with Crippen LogP contribution >= 0.6 is 22.9 Å². The van der Waals surface area contributed by atoms with Crippen LogP contribution in [0.15, 0.2) is 16.3 Å². The molecule has 1 N–H and O–H groups in total. The number of rotatable bonds is 4. The molecule has 1 saturated heterocycles. The first-order chi connectivity index (χ1) is 9.45. The lowest BCUT2D eigenvalue weighted by Crippen LogP contribution is -2.42. The summed E-state index contributed by atoms with van der Waals surface area (Å²) in [5, 5.41) is 2.78. The van der Waals surface area contributed by atoms with E-state index in [0.29, 0.717) is 36.8 Å². The van der Waals surface area contributed by atoms with Gasteiger partial charge in [0.25, 0.3) is 10.0 Å². The highest BCUT2D eigenvalue weighted by molar-refractivity contribution is 7.91. The van der Waals surface area contributed by atoms with Crippen molar-refractivity contribution in [3.05, 3.63) is 16.5 Å². The summed E-state index contributed by atoms with van der Waals surface area (Å²) in [6, 6.07) is 3.11. The number of amides is 1. The predicted octanol–water partition coefficient (Wildman–Crippen LogP) is 1.94. The van der Waals surface area contributed by atoms with Gasteiger partial charge in [-0.1, -0.05) is 11.6 Å². The third-order valence-electron chi connectivity index (χ3n) is 3.32. The highest BCUT2D eigenvalue weighted by atomic mass is 35.5. The quantitative estimate of drug-likeness (QED) is 0.913. The van der Waals surface area contributed by atoms with Crippen LogP contribution in [0.3, 0.4) is 0 Å². The average Bonchev–Trinajstić information content (AvgIpc) is 2.86. The molecule has 0 atom stereocenters. The monoisotopic (exact) mass is 336 g/mol. The average molecular weight is 337 g/mol. The van der Waals surface area contributed by atoms with Crippen LogP contribution in [-0.4, -0.2) is 38.3 Å². The molecular weight excluding hydrogens is 320 g/mol. The Hall–Kier alpha value is -0.630. The Balaban J connectivity index is 2.02. The molecule has 2 rings (SSSR count). The summed E-state index contributed by atoms with van der Waals surface area (Å²) in [5.41, 5.74) is 0. The molecule has 1 aromatic heterocycles. The third-order valence-corrected chi connectivity index (χ3v) is 6.92. The molecule has 0 aliphatic carbocycles. The van der Waals surface area contributed by atoms with Gasteiger partial charge in [0.1, 0.15) is 4.21 Å². The number of halogens is 1. The van der Waals surface area contributed by atoms with E-state index in [2.05, 4.69) is 5.32 Å². The summed E-state index contributed by atoms with van der Waals surface area (Å²) in [4.78, 5) is 11.7. The predicted molar refractivity (Wildman–Crippen MR) is 79.5 cm³/mol. The Bertz CT molecular complexity index is 577. The first-order valence-electron chi connectivity index (χ1n) is 6.48. The van der Waals surface area contributed by atoms with E-state index in [4.69, 9.17) is 11.6 Å². The van der Waals surface area contributed by atoms with E-state index < -0.39 is 10.0 Å². The highest BCUT2D eigenvalue weighted by Gasteiger charge is 2.32. The molecule has 112 valence electrons. The van der Waals surface area contributed by atoms with Crippen molar-refractivity contribution in [1.82, 2.24) is 9.62 Å². The molecule has 8 heteroatoms. The highest BCUT2D eigenvalue weighted by Crippen LogP contribution is 2.30. The van der Waals surface area contributed by atoms with Crippen LogP contribution in [0.5, 0.6) is 0 Å². The molecular formula is C12H17ClN2O3S2. The second-order valence-electron chi connectivity index (χ2n) is 4.63. The normalized spacial score (nSPS) is 18.1. The van der Waals surface area contributed by atoms with E-state index >= 15 is 0 Å². The van der Waals surface area contributed by atoms with Crippen molar-refractivity contribution in [3.8, 4) is 0 Å². The zero-order valence-electron chi connectivity index (χ0n) is 11.1. The van der Waals surface area contributed by atoms with Crippen LogP contribution in [0.25, 0.3) is 0 Å². The molecule has 1 aliphatic rings. The maximum Gasteiger partial charge on any atom is 0.252 e. The van der Waals surface area contributed by atoms with Crippen molar-refractivity contribution >= 4 is 38.9 Å². The van der Waals surface area contributed by atoms with Crippen molar-refractivity contribution in [3.63, 3.8) is 0 Å². The minimum absolute atomic E-state index is 0.0173. The van der Waals surface area contributed by atoms with Crippen LogP contribution in [-0.2, 0) is 14.8 Å². The topological polar surface area (TPSA) is 66.5 Å². The SMILES string of the molecule is CCNC(=O)C1CCN(S(=O)(=O)c2ccc(Cl)s2)CC1. The Morgan fingerprint density at radius 3 is 2.60 bits per heavy atom. The second kappa shape index (κ2) is 6.43. The van der Waals surface area contributed by atoms with Crippen LogP contribution in [0.4, 0.5) is 0 Å². The fourth-order valence-electron chi connectivity index (χ4n) is 2.24. The second-order valence-corrected chi connectivity index (χ2v) is 8.51. The van der Waals surface area contributed by atoms with Crippen LogP contribution < -0.4 is 5.32 Å². The standard InChI is InChI=1S/C12H17ClN2O3S2/c1-2-14-12(16)9-5-7-15(8-6-9)20(17,18)11-4-3-10(13)19-11/h3-4,9H,2,5-8H2,1H3,(H,14,16). The van der Waals surface area contributed by atoms with Gasteiger partial charge in [-0.05, 0) is 31.9 Å². The molecule has 5 nitrogen and oxygen atoms in total. The molecule has 0 saturated carbocycles. The molecule has 0 bridgehead atoms. The Morgan fingerprint density at radius 2 is 2.10 bits per heavy atom. The fraction of sp³-hybridized carbons (Fsp3) is 0.583. The van der Waals surface area contributed by atoms with Crippen molar-refractivity contribution in [1.29, 1.82) is 0 Å². The van der Waals surface area contributed by atoms with Gasteiger partial charge in [0.05, 0.1) is 4.34 Å². The minimum Gasteiger partial charge on any atom is -0.356 e. The molecule has 0 unspecified atom stereocenters. The lowest BCUT2D eigenvalue weighted by Gasteiger charge is -2.30. The maximum atomic E-state index is 12.4. The van der Waals surface area contributed by atoms with Crippen LogP contribution in [0.2, 0.25) is 4.34 Å². The van der Waals surface area contributed by atoms with Crippen molar-refractivity contribution < 1.29 is 13.2 Å². The molecule has 0 radical (unpaired) electrons. The van der Waals surface area contributed by atoms with E-state index in [0.717, 1.165) is 11.3 Å². The number of hydrogen-bond acceptors (Lipinski definition) is 4. The largest absolute Gasteiger partial charge is 0.356 e. The Kier molecular flexibility index (Phi) is 5.06. The Morgan fingerprint density at radius 1 is 1.45 bits per heavy atom. The minimum atomic E-state index is -3.47. The summed E-state index contributed by atoms with van der Waals surface area (Å²) in [5.74, 6) is -0.0722. The molecule has 0 aromatic carbocycles. The first kappa shape index (κ1) is 15.8. The summed E-state index contributed by atoms with van der Waals surface area (Å²) >= 11 is 6.85. The van der Waals surface area contributed by atoms with Crippen molar-refractivity contribution in [2.45, 2.75) is 24.0 Å². The first-order valence-corrected chi connectivity index (χ1v) is 9.11.